The summed E-state index contributed by atoms with van der Waals surface area (Å²) < 4.78 is 0. The normalized spacial score (nSPS) is 21.6. The van der Waals surface area contributed by atoms with Gasteiger partial charge in [0.1, 0.15) is 0 Å². The van der Waals surface area contributed by atoms with Crippen LogP contribution in [0.25, 0.3) is 4.91 Å². The summed E-state index contributed by atoms with van der Waals surface area (Å²) in [6.45, 7) is 2.33. The largest absolute Gasteiger partial charge is 0.364 e. The lowest BCUT2D eigenvalue weighted by Gasteiger charge is -2.30. The molecule has 2 heterocycles. The Balaban J connectivity index is 1.72. The van der Waals surface area contributed by atoms with Gasteiger partial charge in [0.05, 0.1) is 5.88 Å². The number of hydrogen-bond acceptors (Lipinski definition) is 3. The van der Waals surface area contributed by atoms with Crippen LogP contribution in [-0.4, -0.2) is 29.9 Å². The molecule has 17 heavy (non-hydrogen) atoms. The summed E-state index contributed by atoms with van der Waals surface area (Å²) in [5, 5.41) is 3.43. The van der Waals surface area contributed by atoms with Gasteiger partial charge in [-0.3, -0.25) is 0 Å². The van der Waals surface area contributed by atoms with Gasteiger partial charge in [0.25, 0.3) is 0 Å². The average molecular weight is 246 g/mol. The summed E-state index contributed by atoms with van der Waals surface area (Å²) >= 11 is 1.96. The van der Waals surface area contributed by atoms with Crippen LogP contribution < -0.4 is 5.32 Å². The molecule has 1 saturated heterocycles. The van der Waals surface area contributed by atoms with Gasteiger partial charge in [0, 0.05) is 17.1 Å². The van der Waals surface area contributed by atoms with Gasteiger partial charge in [-0.1, -0.05) is 30.3 Å². The molecule has 0 bridgehead atoms. The third-order valence-corrected chi connectivity index (χ3v) is 4.57. The van der Waals surface area contributed by atoms with Crippen LogP contribution in [0.1, 0.15) is 18.4 Å². The van der Waals surface area contributed by atoms with E-state index < -0.39 is 0 Å². The Bertz CT molecular complexity index is 396. The fraction of sp³-hybridized carbons (Fsp3) is 0.429. The monoisotopic (exact) mass is 246 g/mol. The third-order valence-electron chi connectivity index (χ3n) is 3.49. The van der Waals surface area contributed by atoms with Crippen LogP contribution in [0.2, 0.25) is 0 Å². The predicted molar refractivity (Wildman–Crippen MR) is 74.6 cm³/mol. The first-order valence-electron chi connectivity index (χ1n) is 6.30. The molecule has 0 aliphatic carbocycles. The molecule has 3 rings (SSSR count). The van der Waals surface area contributed by atoms with Crippen LogP contribution >= 0.6 is 11.8 Å². The van der Waals surface area contributed by atoms with Crippen molar-refractivity contribution in [3.05, 3.63) is 42.1 Å². The first-order valence-corrected chi connectivity index (χ1v) is 7.28. The van der Waals surface area contributed by atoms with E-state index in [2.05, 4.69) is 46.7 Å². The molecule has 0 amide bonds. The lowest BCUT2D eigenvalue weighted by atomic mass is 10.1. The van der Waals surface area contributed by atoms with Crippen molar-refractivity contribution in [1.82, 2.24) is 10.2 Å². The number of hydrogen-bond donors (Lipinski definition) is 1. The summed E-state index contributed by atoms with van der Waals surface area (Å²) in [6, 6.07) is 11.4. The van der Waals surface area contributed by atoms with E-state index in [9.17, 15) is 0 Å². The SMILES string of the molecule is C1=C(c2ccccc2)SCN1C1CCNCC1. The van der Waals surface area contributed by atoms with E-state index >= 15 is 0 Å². The second kappa shape index (κ2) is 5.15. The second-order valence-electron chi connectivity index (χ2n) is 4.63. The zero-order chi connectivity index (χ0) is 11.5. The van der Waals surface area contributed by atoms with Crippen LogP contribution in [0.4, 0.5) is 0 Å². The first kappa shape index (κ1) is 11.2. The van der Waals surface area contributed by atoms with Crippen LogP contribution in [0, 0.1) is 0 Å². The Morgan fingerprint density at radius 3 is 2.65 bits per heavy atom. The van der Waals surface area contributed by atoms with E-state index in [1.165, 1.54) is 36.4 Å². The summed E-state index contributed by atoms with van der Waals surface area (Å²) in [5.41, 5.74) is 1.36. The summed E-state index contributed by atoms with van der Waals surface area (Å²) in [7, 11) is 0. The highest BCUT2D eigenvalue weighted by atomic mass is 32.2. The number of rotatable bonds is 2. The maximum Gasteiger partial charge on any atom is 0.0684 e. The van der Waals surface area contributed by atoms with E-state index in [1.807, 2.05) is 11.8 Å². The number of piperidine rings is 1. The van der Waals surface area contributed by atoms with E-state index in [-0.39, 0.29) is 0 Å². The molecular weight excluding hydrogens is 228 g/mol. The fourth-order valence-corrected chi connectivity index (χ4v) is 3.56. The molecule has 90 valence electrons. The van der Waals surface area contributed by atoms with Crippen molar-refractivity contribution in [2.45, 2.75) is 18.9 Å². The third kappa shape index (κ3) is 2.50. The van der Waals surface area contributed by atoms with Gasteiger partial charge in [-0.2, -0.15) is 0 Å². The average Bonchev–Trinajstić information content (AvgIpc) is 2.90. The summed E-state index contributed by atoms with van der Waals surface area (Å²) in [4.78, 5) is 3.94. The van der Waals surface area contributed by atoms with Crippen molar-refractivity contribution in [1.29, 1.82) is 0 Å². The molecule has 1 fully saturated rings. The van der Waals surface area contributed by atoms with Crippen molar-refractivity contribution >= 4 is 16.7 Å². The van der Waals surface area contributed by atoms with Crippen molar-refractivity contribution in [3.8, 4) is 0 Å². The smallest absolute Gasteiger partial charge is 0.0684 e. The van der Waals surface area contributed by atoms with Gasteiger partial charge in [-0.05, 0) is 31.5 Å². The molecule has 3 heteroatoms. The minimum Gasteiger partial charge on any atom is -0.364 e. The highest BCUT2D eigenvalue weighted by Crippen LogP contribution is 2.36. The van der Waals surface area contributed by atoms with Crippen LogP contribution in [0.3, 0.4) is 0 Å². The predicted octanol–water partition coefficient (Wildman–Crippen LogP) is 2.74. The zero-order valence-electron chi connectivity index (χ0n) is 9.93. The highest BCUT2D eigenvalue weighted by Gasteiger charge is 2.23. The zero-order valence-corrected chi connectivity index (χ0v) is 10.7. The van der Waals surface area contributed by atoms with Gasteiger partial charge in [0.2, 0.25) is 0 Å². The molecule has 0 unspecified atom stereocenters. The molecular formula is C14H18N2S. The van der Waals surface area contributed by atoms with E-state index in [0.717, 1.165) is 11.9 Å². The number of benzene rings is 1. The van der Waals surface area contributed by atoms with Gasteiger partial charge in [-0.25, -0.2) is 0 Å². The fourth-order valence-electron chi connectivity index (χ4n) is 2.48. The first-order chi connectivity index (χ1) is 8.43. The molecule has 2 nitrogen and oxygen atoms in total. The number of thioether (sulfide) groups is 1. The number of nitrogens with one attached hydrogen (secondary N) is 1. The molecule has 2 aliphatic rings. The van der Waals surface area contributed by atoms with Gasteiger partial charge in [0.15, 0.2) is 0 Å². The molecule has 0 aromatic heterocycles. The van der Waals surface area contributed by atoms with Crippen molar-refractivity contribution < 1.29 is 0 Å². The summed E-state index contributed by atoms with van der Waals surface area (Å²) in [5.74, 6) is 1.12. The molecule has 1 aromatic rings. The van der Waals surface area contributed by atoms with Crippen LogP contribution in [0.5, 0.6) is 0 Å². The Hall–Kier alpha value is -0.930. The molecule has 0 saturated carbocycles. The van der Waals surface area contributed by atoms with Crippen LogP contribution in [-0.2, 0) is 0 Å². The molecule has 0 atom stereocenters. The Morgan fingerprint density at radius 1 is 1.12 bits per heavy atom. The minimum atomic E-state index is 0.741. The molecule has 0 spiro atoms. The quantitative estimate of drug-likeness (QED) is 0.864. The Kier molecular flexibility index (Phi) is 3.39. The van der Waals surface area contributed by atoms with Crippen molar-refractivity contribution in [3.63, 3.8) is 0 Å². The Morgan fingerprint density at radius 2 is 1.88 bits per heavy atom. The second-order valence-corrected chi connectivity index (χ2v) is 5.61. The molecule has 1 aromatic carbocycles. The molecule has 1 N–H and O–H groups in total. The standard InChI is InChI=1S/C14H18N2S/c1-2-4-12(5-3-1)14-10-16(11-17-14)13-6-8-15-9-7-13/h1-5,10,13,15H,6-9,11H2. The van der Waals surface area contributed by atoms with Gasteiger partial charge in [-0.15, -0.1) is 11.8 Å². The van der Waals surface area contributed by atoms with E-state index in [4.69, 9.17) is 0 Å². The van der Waals surface area contributed by atoms with Gasteiger partial charge < -0.3 is 10.2 Å². The van der Waals surface area contributed by atoms with Gasteiger partial charge >= 0.3 is 0 Å². The van der Waals surface area contributed by atoms with E-state index in [0.29, 0.717) is 0 Å². The van der Waals surface area contributed by atoms with Crippen molar-refractivity contribution in [2.75, 3.05) is 19.0 Å². The maximum atomic E-state index is 3.43. The highest BCUT2D eigenvalue weighted by molar-refractivity contribution is 8.08. The van der Waals surface area contributed by atoms with E-state index in [1.54, 1.807) is 0 Å². The molecule has 2 aliphatic heterocycles. The van der Waals surface area contributed by atoms with Crippen LogP contribution in [0.15, 0.2) is 36.5 Å². The topological polar surface area (TPSA) is 15.3 Å². The lowest BCUT2D eigenvalue weighted by molar-refractivity contribution is 0.259. The number of nitrogens with zero attached hydrogens (tertiary/aromatic N) is 1. The maximum absolute atomic E-state index is 3.43. The lowest BCUT2D eigenvalue weighted by Crippen LogP contribution is -2.39. The van der Waals surface area contributed by atoms with Crippen molar-refractivity contribution in [2.24, 2.45) is 0 Å². The minimum absolute atomic E-state index is 0.741. The molecule has 0 radical (unpaired) electrons. The summed E-state index contributed by atoms with van der Waals surface area (Å²) in [6.07, 6.45) is 4.91. The Labute approximate surface area is 107 Å².